The Bertz CT molecular complexity index is 336. The van der Waals surface area contributed by atoms with Crippen molar-refractivity contribution in [1.29, 1.82) is 5.26 Å². The number of carbonyl (C=O) groups is 1. The number of hydrogen-bond acceptors (Lipinski definition) is 4. The summed E-state index contributed by atoms with van der Waals surface area (Å²) in [4.78, 5) is 14.4. The molecule has 1 aliphatic heterocycles. The summed E-state index contributed by atoms with van der Waals surface area (Å²) in [6.07, 6.45) is 2.52. The van der Waals surface area contributed by atoms with Gasteiger partial charge in [0.2, 0.25) is 5.91 Å². The van der Waals surface area contributed by atoms with Gasteiger partial charge in [-0.1, -0.05) is 13.8 Å². The zero-order chi connectivity index (χ0) is 14.3. The van der Waals surface area contributed by atoms with Crippen molar-refractivity contribution in [2.24, 2.45) is 5.41 Å². The van der Waals surface area contributed by atoms with Gasteiger partial charge in [-0.05, 0) is 24.8 Å². The van der Waals surface area contributed by atoms with Crippen LogP contribution in [-0.2, 0) is 9.53 Å². The van der Waals surface area contributed by atoms with Crippen molar-refractivity contribution in [3.8, 4) is 6.07 Å². The van der Waals surface area contributed by atoms with Crippen LogP contribution in [0.3, 0.4) is 0 Å². The van der Waals surface area contributed by atoms with E-state index in [9.17, 15) is 4.79 Å². The molecule has 0 saturated carbocycles. The molecule has 5 heteroatoms. The Morgan fingerprint density at radius 1 is 1.53 bits per heavy atom. The molecule has 0 bridgehead atoms. The van der Waals surface area contributed by atoms with E-state index in [4.69, 9.17) is 10.00 Å². The number of ether oxygens (including phenoxy) is 1. The van der Waals surface area contributed by atoms with Gasteiger partial charge in [-0.25, -0.2) is 0 Å². The molecule has 108 valence electrons. The van der Waals surface area contributed by atoms with E-state index in [1.165, 1.54) is 0 Å². The maximum absolute atomic E-state index is 12.6. The van der Waals surface area contributed by atoms with E-state index < -0.39 is 0 Å². The number of rotatable bonds is 6. The minimum Gasteiger partial charge on any atom is -0.383 e. The van der Waals surface area contributed by atoms with E-state index in [2.05, 4.69) is 25.2 Å². The number of nitrogens with one attached hydrogen (secondary N) is 1. The van der Waals surface area contributed by atoms with Crippen LogP contribution in [-0.4, -0.2) is 50.2 Å². The molecule has 1 fully saturated rings. The first kappa shape index (κ1) is 15.9. The summed E-state index contributed by atoms with van der Waals surface area (Å²) < 4.78 is 5.04. The van der Waals surface area contributed by atoms with Gasteiger partial charge in [0, 0.05) is 20.2 Å². The number of methoxy groups -OCH3 is 1. The SMILES string of the molecule is COCCN(CCC#N)C(=O)C1NCCCC1(C)C. The Balaban J connectivity index is 2.70. The molecular weight excluding hydrogens is 242 g/mol. The highest BCUT2D eigenvalue weighted by molar-refractivity contribution is 5.83. The second-order valence-corrected chi connectivity index (χ2v) is 5.71. The lowest BCUT2D eigenvalue weighted by atomic mass is 9.77. The lowest BCUT2D eigenvalue weighted by Gasteiger charge is -2.40. The van der Waals surface area contributed by atoms with Gasteiger partial charge in [-0.15, -0.1) is 0 Å². The van der Waals surface area contributed by atoms with Crippen molar-refractivity contribution in [2.45, 2.75) is 39.2 Å². The number of nitrogens with zero attached hydrogens (tertiary/aromatic N) is 2. The van der Waals surface area contributed by atoms with Gasteiger partial charge in [0.25, 0.3) is 0 Å². The average molecular weight is 267 g/mol. The largest absolute Gasteiger partial charge is 0.383 e. The Morgan fingerprint density at radius 3 is 2.84 bits per heavy atom. The van der Waals surface area contributed by atoms with Gasteiger partial charge < -0.3 is 15.0 Å². The molecule has 5 nitrogen and oxygen atoms in total. The zero-order valence-corrected chi connectivity index (χ0v) is 12.2. The van der Waals surface area contributed by atoms with Crippen LogP contribution < -0.4 is 5.32 Å². The number of piperidine rings is 1. The number of amides is 1. The monoisotopic (exact) mass is 267 g/mol. The third kappa shape index (κ3) is 4.48. The van der Waals surface area contributed by atoms with E-state index in [1.54, 1.807) is 12.0 Å². The quantitative estimate of drug-likeness (QED) is 0.784. The van der Waals surface area contributed by atoms with Crippen molar-refractivity contribution in [3.05, 3.63) is 0 Å². The number of hydrogen-bond donors (Lipinski definition) is 1. The molecule has 1 heterocycles. The lowest BCUT2D eigenvalue weighted by molar-refractivity contribution is -0.138. The molecule has 19 heavy (non-hydrogen) atoms. The second-order valence-electron chi connectivity index (χ2n) is 5.71. The highest BCUT2D eigenvalue weighted by Gasteiger charge is 2.38. The zero-order valence-electron chi connectivity index (χ0n) is 12.2. The molecule has 1 N–H and O–H groups in total. The molecular formula is C14H25N3O2. The fourth-order valence-electron chi connectivity index (χ4n) is 2.53. The van der Waals surface area contributed by atoms with Crippen LogP contribution in [0.1, 0.15) is 33.1 Å². The molecule has 0 radical (unpaired) electrons. The third-order valence-corrected chi connectivity index (χ3v) is 3.75. The fourth-order valence-corrected chi connectivity index (χ4v) is 2.53. The predicted molar refractivity (Wildman–Crippen MR) is 73.5 cm³/mol. The highest BCUT2D eigenvalue weighted by atomic mass is 16.5. The standard InChI is InChI=1S/C14H25N3O2/c1-14(2)6-4-8-16-12(14)13(18)17(9-5-7-15)10-11-19-3/h12,16H,4-6,8-11H2,1-3H3. The van der Waals surface area contributed by atoms with Crippen LogP contribution in [0, 0.1) is 16.7 Å². The molecule has 1 saturated heterocycles. The first-order valence-corrected chi connectivity index (χ1v) is 6.91. The summed E-state index contributed by atoms with van der Waals surface area (Å²) in [5.74, 6) is 0.0944. The van der Waals surface area contributed by atoms with Crippen molar-refractivity contribution < 1.29 is 9.53 Å². The van der Waals surface area contributed by atoms with Crippen LogP contribution in [0.2, 0.25) is 0 Å². The minimum absolute atomic E-state index is 0.0344. The summed E-state index contributed by atoms with van der Waals surface area (Å²) in [5, 5.41) is 12.0. The summed E-state index contributed by atoms with van der Waals surface area (Å²) in [6.45, 7) is 6.67. The fraction of sp³-hybridized carbons (Fsp3) is 0.857. The Hall–Kier alpha value is -1.12. The smallest absolute Gasteiger partial charge is 0.240 e. The van der Waals surface area contributed by atoms with Crippen molar-refractivity contribution >= 4 is 5.91 Å². The molecule has 0 aromatic heterocycles. The molecule has 1 atom stereocenters. The lowest BCUT2D eigenvalue weighted by Crippen LogP contribution is -2.57. The third-order valence-electron chi connectivity index (χ3n) is 3.75. The average Bonchev–Trinajstić information content (AvgIpc) is 2.38. The summed E-state index contributed by atoms with van der Waals surface area (Å²) in [7, 11) is 1.62. The summed E-state index contributed by atoms with van der Waals surface area (Å²) >= 11 is 0. The number of nitriles is 1. The van der Waals surface area contributed by atoms with Crippen molar-refractivity contribution in [1.82, 2.24) is 10.2 Å². The van der Waals surface area contributed by atoms with Gasteiger partial charge in [0.15, 0.2) is 0 Å². The Labute approximate surface area is 115 Å². The normalized spacial score (nSPS) is 21.7. The van der Waals surface area contributed by atoms with Crippen LogP contribution in [0.25, 0.3) is 0 Å². The molecule has 1 unspecified atom stereocenters. The van der Waals surface area contributed by atoms with Crippen molar-refractivity contribution in [3.63, 3.8) is 0 Å². The molecule has 0 aliphatic carbocycles. The van der Waals surface area contributed by atoms with Gasteiger partial charge >= 0.3 is 0 Å². The molecule has 1 amide bonds. The highest BCUT2D eigenvalue weighted by Crippen LogP contribution is 2.31. The molecule has 1 aliphatic rings. The summed E-state index contributed by atoms with van der Waals surface area (Å²) in [5.41, 5.74) is -0.0344. The van der Waals surface area contributed by atoms with Crippen LogP contribution in [0.15, 0.2) is 0 Å². The maximum Gasteiger partial charge on any atom is 0.240 e. The van der Waals surface area contributed by atoms with E-state index in [0.29, 0.717) is 26.1 Å². The second kappa shape index (κ2) is 7.46. The van der Waals surface area contributed by atoms with Gasteiger partial charge in [-0.3, -0.25) is 4.79 Å². The Morgan fingerprint density at radius 2 is 2.26 bits per heavy atom. The van der Waals surface area contributed by atoms with Gasteiger partial charge in [0.05, 0.1) is 25.1 Å². The van der Waals surface area contributed by atoms with Crippen LogP contribution in [0.4, 0.5) is 0 Å². The van der Waals surface area contributed by atoms with E-state index in [-0.39, 0.29) is 17.4 Å². The maximum atomic E-state index is 12.6. The predicted octanol–water partition coefficient (Wildman–Crippen LogP) is 1.15. The first-order chi connectivity index (χ1) is 9.03. The molecule has 0 spiro atoms. The van der Waals surface area contributed by atoms with Gasteiger partial charge in [-0.2, -0.15) is 5.26 Å². The number of carbonyl (C=O) groups excluding carboxylic acids is 1. The van der Waals surface area contributed by atoms with Crippen LogP contribution >= 0.6 is 0 Å². The molecule has 1 rings (SSSR count). The van der Waals surface area contributed by atoms with E-state index in [0.717, 1.165) is 19.4 Å². The molecule has 0 aromatic rings. The van der Waals surface area contributed by atoms with E-state index in [1.807, 2.05) is 0 Å². The van der Waals surface area contributed by atoms with Crippen molar-refractivity contribution in [2.75, 3.05) is 33.4 Å². The first-order valence-electron chi connectivity index (χ1n) is 6.91. The minimum atomic E-state index is -0.156. The Kier molecular flexibility index (Phi) is 6.26. The molecule has 0 aromatic carbocycles. The van der Waals surface area contributed by atoms with E-state index >= 15 is 0 Å². The van der Waals surface area contributed by atoms with Crippen LogP contribution in [0.5, 0.6) is 0 Å². The topological polar surface area (TPSA) is 65.4 Å². The van der Waals surface area contributed by atoms with Gasteiger partial charge in [0.1, 0.15) is 0 Å². The summed E-state index contributed by atoms with van der Waals surface area (Å²) in [6, 6.07) is 1.94.